The lowest BCUT2D eigenvalue weighted by molar-refractivity contribution is 0.671. The highest BCUT2D eigenvalue weighted by atomic mass is 16.3. The molecule has 0 bridgehead atoms. The van der Waals surface area contributed by atoms with Crippen LogP contribution in [-0.2, 0) is 0 Å². The van der Waals surface area contributed by atoms with E-state index in [1.807, 2.05) is 36.4 Å². The molecule has 0 aliphatic carbocycles. The molecule has 3 heterocycles. The largest absolute Gasteiger partial charge is 0.456 e. The molecule has 0 unspecified atom stereocenters. The van der Waals surface area contributed by atoms with E-state index in [9.17, 15) is 10.5 Å². The van der Waals surface area contributed by atoms with Crippen LogP contribution in [0.15, 0.2) is 362 Å². The first-order valence-electron chi connectivity index (χ1n) is 33.7. The number of anilines is 12. The summed E-state index contributed by atoms with van der Waals surface area (Å²) in [5.41, 5.74) is 27.9. The Bertz CT molecular complexity index is 5730. The van der Waals surface area contributed by atoms with Gasteiger partial charge in [-0.05, 0) is 159 Å². The van der Waals surface area contributed by atoms with Gasteiger partial charge >= 0.3 is 0 Å². The first kappa shape index (κ1) is 58.9. The first-order valence-corrected chi connectivity index (χ1v) is 33.7. The number of rotatable bonds is 13. The van der Waals surface area contributed by atoms with E-state index in [0.29, 0.717) is 11.1 Å². The van der Waals surface area contributed by atoms with Crippen molar-refractivity contribution >= 4 is 113 Å². The Morgan fingerprint density at radius 3 is 1.15 bits per heavy atom. The molecule has 1 aromatic heterocycles. The predicted octanol–water partition coefficient (Wildman–Crippen LogP) is 22.7. The average Bonchev–Trinajstić information content (AvgIpc) is 1.05. The van der Waals surface area contributed by atoms with Crippen molar-refractivity contribution in [3.63, 3.8) is 0 Å². The summed E-state index contributed by atoms with van der Waals surface area (Å²) in [6.45, 7) is -0.480. The van der Waals surface area contributed by atoms with E-state index in [-0.39, 0.29) is 0 Å². The van der Waals surface area contributed by atoms with Crippen molar-refractivity contribution in [1.82, 2.24) is 0 Å². The van der Waals surface area contributed by atoms with Crippen molar-refractivity contribution in [2.75, 3.05) is 19.6 Å². The normalized spacial score (nSPS) is 11.9. The molecule has 16 aromatic rings. The Balaban J connectivity index is 1.06. The van der Waals surface area contributed by atoms with Crippen molar-refractivity contribution in [2.45, 2.75) is 0 Å². The van der Waals surface area contributed by atoms with Crippen LogP contribution in [0.5, 0.6) is 0 Å². The van der Waals surface area contributed by atoms with Gasteiger partial charge in [0.2, 0.25) is 0 Å². The number of furan rings is 1. The van der Waals surface area contributed by atoms with Gasteiger partial charge in [0.25, 0.3) is 6.71 Å². The van der Waals surface area contributed by atoms with Crippen molar-refractivity contribution in [3.05, 3.63) is 369 Å². The molecule has 0 amide bonds. The molecule has 2 aliphatic rings. The monoisotopic (exact) mass is 1270 g/mol. The fourth-order valence-corrected chi connectivity index (χ4v) is 15.3. The summed E-state index contributed by atoms with van der Waals surface area (Å²) in [6.07, 6.45) is 0. The summed E-state index contributed by atoms with van der Waals surface area (Å²) in [6, 6.07) is 132. The minimum Gasteiger partial charge on any atom is -0.456 e. The summed E-state index contributed by atoms with van der Waals surface area (Å²) in [5.74, 6) is 0. The van der Waals surface area contributed by atoms with Crippen LogP contribution in [0.25, 0.3) is 77.6 Å². The lowest BCUT2D eigenvalue weighted by Crippen LogP contribution is -2.61. The third kappa shape index (κ3) is 9.98. The van der Waals surface area contributed by atoms with E-state index in [1.54, 1.807) is 0 Å². The van der Waals surface area contributed by atoms with Crippen molar-refractivity contribution in [2.24, 2.45) is 0 Å². The van der Waals surface area contributed by atoms with Crippen LogP contribution in [-0.4, -0.2) is 6.71 Å². The van der Waals surface area contributed by atoms with Crippen LogP contribution in [0.3, 0.4) is 0 Å². The van der Waals surface area contributed by atoms with Crippen LogP contribution in [0.1, 0.15) is 11.1 Å². The van der Waals surface area contributed by atoms with Gasteiger partial charge in [0.1, 0.15) is 11.2 Å². The highest BCUT2D eigenvalue weighted by Gasteiger charge is 2.48. The quantitative estimate of drug-likeness (QED) is 0.107. The molecule has 0 saturated heterocycles. The molecule has 0 radical (unpaired) electrons. The van der Waals surface area contributed by atoms with E-state index >= 15 is 0 Å². The number of fused-ring (bicyclic) bond motifs is 8. The van der Waals surface area contributed by atoms with Gasteiger partial charge < -0.3 is 24.0 Å². The second kappa shape index (κ2) is 24.8. The van der Waals surface area contributed by atoms with Gasteiger partial charge in [0.05, 0.1) is 45.7 Å². The minimum atomic E-state index is -0.480. The lowest BCUT2D eigenvalue weighted by Gasteiger charge is -2.46. The van der Waals surface area contributed by atoms with E-state index in [1.165, 1.54) is 0 Å². The second-order valence-electron chi connectivity index (χ2n) is 25.3. The smallest absolute Gasteiger partial charge is 0.257 e. The average molecular weight is 1280 g/mol. The summed E-state index contributed by atoms with van der Waals surface area (Å²) in [5, 5.41) is 22.4. The van der Waals surface area contributed by atoms with Crippen LogP contribution >= 0.6 is 0 Å². The van der Waals surface area contributed by atoms with Gasteiger partial charge in [-0.3, -0.25) is 0 Å². The maximum Gasteiger partial charge on any atom is 0.257 e. The molecule has 15 aromatic carbocycles. The molecular formula is C92H59BN6O. The molecule has 0 N–H and O–H groups in total. The van der Waals surface area contributed by atoms with Crippen LogP contribution in [0, 0.1) is 22.7 Å². The molecule has 7 nitrogen and oxygen atoms in total. The molecule has 100 heavy (non-hydrogen) atoms. The Morgan fingerprint density at radius 1 is 0.300 bits per heavy atom. The summed E-state index contributed by atoms with van der Waals surface area (Å²) in [7, 11) is 0. The molecular weight excluding hydrogens is 1220 g/mol. The van der Waals surface area contributed by atoms with Gasteiger partial charge in [0, 0.05) is 78.8 Å². The highest BCUT2D eigenvalue weighted by molar-refractivity contribution is 7.01. The summed E-state index contributed by atoms with van der Waals surface area (Å²) < 4.78 is 7.80. The van der Waals surface area contributed by atoms with E-state index in [0.717, 1.165) is 162 Å². The Morgan fingerprint density at radius 2 is 0.680 bits per heavy atom. The fourth-order valence-electron chi connectivity index (χ4n) is 15.3. The van der Waals surface area contributed by atoms with Gasteiger partial charge in [-0.1, -0.05) is 249 Å². The van der Waals surface area contributed by atoms with E-state index in [2.05, 4.69) is 353 Å². The molecule has 466 valence electrons. The van der Waals surface area contributed by atoms with Crippen molar-refractivity contribution in [1.29, 1.82) is 10.5 Å². The minimum absolute atomic E-state index is 0.480. The maximum absolute atomic E-state index is 10.3. The van der Waals surface area contributed by atoms with E-state index in [4.69, 9.17) is 4.42 Å². The molecule has 0 fully saturated rings. The molecule has 0 saturated carbocycles. The van der Waals surface area contributed by atoms with Crippen LogP contribution in [0.4, 0.5) is 68.2 Å². The second-order valence-corrected chi connectivity index (χ2v) is 25.3. The topological polar surface area (TPSA) is 73.7 Å². The van der Waals surface area contributed by atoms with Crippen molar-refractivity contribution in [3.8, 4) is 67.8 Å². The Labute approximate surface area is 581 Å². The van der Waals surface area contributed by atoms with Gasteiger partial charge in [-0.15, -0.1) is 0 Å². The zero-order valence-corrected chi connectivity index (χ0v) is 54.2. The maximum atomic E-state index is 10.3. The molecule has 0 spiro atoms. The Hall–Kier alpha value is -13.7. The molecule has 8 heteroatoms. The number of benzene rings is 15. The zero-order chi connectivity index (χ0) is 66.6. The molecule has 2 aliphatic heterocycles. The summed E-state index contributed by atoms with van der Waals surface area (Å²) >= 11 is 0. The first-order chi connectivity index (χ1) is 49.6. The third-order valence-electron chi connectivity index (χ3n) is 19.7. The van der Waals surface area contributed by atoms with Gasteiger partial charge in [-0.25, -0.2) is 0 Å². The highest BCUT2D eigenvalue weighted by Crippen LogP contribution is 2.57. The third-order valence-corrected chi connectivity index (χ3v) is 19.7. The number of hydrogen-bond donors (Lipinski definition) is 0. The number of hydrogen-bond acceptors (Lipinski definition) is 7. The van der Waals surface area contributed by atoms with Gasteiger partial charge in [0.15, 0.2) is 0 Å². The SMILES string of the molecule is N#Cc1ccc(N(c2ccccc2)c2ccc3c(c2)N(c2c(-c4ccccc4)cccc2-c2ccccc2)c2cc(-c4ccccc4)cc4c2B3c2c(cc(N(c3ccccc3)c3ccc(C#N)cc3)c3c2oc2ccccc23)N4c2c(-c3ccccc3)cccc2-c2ccccc2)cc1. The number of nitriles is 2. The molecule has 0 atom stereocenters. The number of para-hydroxylation sites is 5. The standard InChI is InChI=1S/C92H59BN6O/c94-60-62-46-50-72(51-47-62)96(70-36-18-6-19-37-70)74-54-55-80-81(58-74)98(90-75(65-28-10-2-11-29-65)41-24-42-76(90)66-30-12-3-13-31-66)83-56-69(64-26-8-1-9-27-64)57-84-88(83)93(80)89-85(99(84)91-77(67-32-14-4-15-33-67)43-25-44-78(91)68-34-16-5-17-35-68)59-82(87-79-40-22-23-45-86(79)100-92(87)89)97(71-38-20-7-21-39-71)73-52-48-63(61-95)49-53-73/h1-59H. The Kier molecular flexibility index (Phi) is 14.6. The fraction of sp³-hybridized carbons (Fsp3) is 0. The predicted molar refractivity (Wildman–Crippen MR) is 414 cm³/mol. The van der Waals surface area contributed by atoms with Crippen molar-refractivity contribution < 1.29 is 4.42 Å². The van der Waals surface area contributed by atoms with Crippen LogP contribution in [0.2, 0.25) is 0 Å². The summed E-state index contributed by atoms with van der Waals surface area (Å²) in [4.78, 5) is 9.81. The van der Waals surface area contributed by atoms with E-state index < -0.39 is 6.71 Å². The zero-order valence-electron chi connectivity index (χ0n) is 54.2. The lowest BCUT2D eigenvalue weighted by atomic mass is 9.33. The van der Waals surface area contributed by atoms with Crippen LogP contribution < -0.4 is 36.0 Å². The number of nitrogens with zero attached hydrogens (tertiary/aromatic N) is 6. The van der Waals surface area contributed by atoms with Gasteiger partial charge in [-0.2, -0.15) is 10.5 Å². The molecule has 18 rings (SSSR count).